The molecule has 0 spiro atoms. The molecule has 4 N–H and O–H groups in total. The van der Waals surface area contributed by atoms with Gasteiger partial charge in [-0.15, -0.1) is 0 Å². The highest BCUT2D eigenvalue weighted by atomic mass is 32.2. The van der Waals surface area contributed by atoms with Crippen molar-refractivity contribution in [2.45, 2.75) is 4.90 Å². The molecular weight excluding hydrogens is 506 g/mol. The van der Waals surface area contributed by atoms with Gasteiger partial charge >= 0.3 is 0 Å². The van der Waals surface area contributed by atoms with Gasteiger partial charge in [0.15, 0.2) is 29.8 Å². The number of anilines is 5. The molecule has 2 heterocycles. The predicted molar refractivity (Wildman–Crippen MR) is 134 cm³/mol. The fraction of sp³-hybridized carbons (Fsp3) is 0.261. The minimum Gasteiger partial charge on any atom is -0.476 e. The molecule has 1 aliphatic rings. The van der Waals surface area contributed by atoms with Gasteiger partial charge in [-0.3, -0.25) is 0 Å². The van der Waals surface area contributed by atoms with E-state index >= 15 is 0 Å². The van der Waals surface area contributed by atoms with Crippen LogP contribution in [0.5, 0.6) is 5.75 Å². The van der Waals surface area contributed by atoms with Crippen LogP contribution in [0.1, 0.15) is 0 Å². The van der Waals surface area contributed by atoms with Crippen molar-refractivity contribution < 1.29 is 21.9 Å². The van der Waals surface area contributed by atoms with Gasteiger partial charge in [0, 0.05) is 43.6 Å². The summed E-state index contributed by atoms with van der Waals surface area (Å²) >= 11 is 0. The molecule has 0 radical (unpaired) electrons. The third-order valence-electron chi connectivity index (χ3n) is 5.60. The zero-order chi connectivity index (χ0) is 26.6. The van der Waals surface area contributed by atoms with Crippen LogP contribution >= 0.6 is 0 Å². The van der Waals surface area contributed by atoms with E-state index in [2.05, 4.69) is 25.5 Å². The molecule has 37 heavy (non-hydrogen) atoms. The summed E-state index contributed by atoms with van der Waals surface area (Å²) in [6, 6.07) is 10.2. The largest absolute Gasteiger partial charge is 0.476 e. The number of ether oxygens (including phenoxy) is 1. The number of rotatable bonds is 8. The standard InChI is InChI=1S/C23H24F2N8O3S/c1-32-7-9-33(10-8-32)19-4-2-16(13-21(19)37(27,34)35)30-23-28-14-18(25)22(31-23)29-15-3-5-20(17(24)12-15)36-11-6-26/h2-5,12-14H,7-11H2,1H3,(H2,27,34,35)(H2,28,29,30,31). The summed E-state index contributed by atoms with van der Waals surface area (Å²) in [5, 5.41) is 19.6. The highest BCUT2D eigenvalue weighted by Crippen LogP contribution is 2.30. The summed E-state index contributed by atoms with van der Waals surface area (Å²) in [7, 11) is -2.06. The third kappa shape index (κ3) is 6.39. The number of nitrogens with one attached hydrogen (secondary N) is 2. The maximum Gasteiger partial charge on any atom is 0.240 e. The Morgan fingerprint density at radius 1 is 1.08 bits per heavy atom. The van der Waals surface area contributed by atoms with E-state index in [-0.39, 0.29) is 34.7 Å². The van der Waals surface area contributed by atoms with Crippen LogP contribution in [0.3, 0.4) is 0 Å². The van der Waals surface area contributed by atoms with Gasteiger partial charge in [-0.2, -0.15) is 10.2 Å². The number of benzene rings is 2. The van der Waals surface area contributed by atoms with Crippen molar-refractivity contribution in [3.8, 4) is 11.8 Å². The van der Waals surface area contributed by atoms with E-state index in [0.717, 1.165) is 25.4 Å². The highest BCUT2D eigenvalue weighted by Gasteiger charge is 2.22. The molecule has 4 rings (SSSR count). The summed E-state index contributed by atoms with van der Waals surface area (Å²) < 4.78 is 58.2. The molecule has 11 nitrogen and oxygen atoms in total. The van der Waals surface area contributed by atoms with E-state index in [9.17, 15) is 17.2 Å². The lowest BCUT2D eigenvalue weighted by Gasteiger charge is -2.35. The smallest absolute Gasteiger partial charge is 0.240 e. The first-order valence-corrected chi connectivity index (χ1v) is 12.6. The molecule has 194 valence electrons. The molecule has 0 saturated carbocycles. The van der Waals surface area contributed by atoms with Crippen molar-refractivity contribution in [3.63, 3.8) is 0 Å². The number of likely N-dealkylation sites (N-methyl/N-ethyl adjacent to an activating group) is 1. The zero-order valence-corrected chi connectivity index (χ0v) is 20.6. The Morgan fingerprint density at radius 3 is 2.46 bits per heavy atom. The Balaban J connectivity index is 1.55. The number of nitrogens with two attached hydrogens (primary N) is 1. The minimum atomic E-state index is -4.05. The fourth-order valence-electron chi connectivity index (χ4n) is 3.71. The number of nitriles is 1. The maximum atomic E-state index is 14.4. The van der Waals surface area contributed by atoms with E-state index in [1.54, 1.807) is 18.2 Å². The molecule has 0 unspecified atom stereocenters. The summed E-state index contributed by atoms with van der Waals surface area (Å²) in [6.07, 6.45) is 0.914. The molecule has 3 aromatic rings. The van der Waals surface area contributed by atoms with Gasteiger partial charge in [-0.1, -0.05) is 0 Å². The van der Waals surface area contributed by atoms with Crippen LogP contribution in [-0.2, 0) is 10.0 Å². The fourth-order valence-corrected chi connectivity index (χ4v) is 4.49. The van der Waals surface area contributed by atoms with Gasteiger partial charge in [0.2, 0.25) is 16.0 Å². The van der Waals surface area contributed by atoms with Crippen molar-refractivity contribution in [2.75, 3.05) is 55.4 Å². The van der Waals surface area contributed by atoms with Crippen LogP contribution < -0.4 is 25.4 Å². The summed E-state index contributed by atoms with van der Waals surface area (Å²) in [4.78, 5) is 12.0. The van der Waals surface area contributed by atoms with Crippen LogP contribution in [0, 0.1) is 23.0 Å². The molecule has 1 aromatic heterocycles. The molecule has 1 aliphatic heterocycles. The number of sulfonamides is 1. The topological polar surface area (TPSA) is 149 Å². The number of halogens is 2. The third-order valence-corrected chi connectivity index (χ3v) is 6.54. The normalized spacial score (nSPS) is 14.2. The van der Waals surface area contributed by atoms with Crippen molar-refractivity contribution >= 4 is 38.9 Å². The van der Waals surface area contributed by atoms with E-state index in [0.29, 0.717) is 24.5 Å². The summed E-state index contributed by atoms with van der Waals surface area (Å²) in [5.74, 6) is -1.95. The van der Waals surface area contributed by atoms with Crippen LogP contribution in [-0.4, -0.2) is 63.1 Å². The van der Waals surface area contributed by atoms with Crippen molar-refractivity contribution in [2.24, 2.45) is 5.14 Å². The number of primary sulfonamides is 1. The van der Waals surface area contributed by atoms with E-state index in [1.807, 2.05) is 11.9 Å². The minimum absolute atomic E-state index is 0.0361. The van der Waals surface area contributed by atoms with Crippen LogP contribution in [0.2, 0.25) is 0 Å². The van der Waals surface area contributed by atoms with Crippen LogP contribution in [0.25, 0.3) is 0 Å². The second-order valence-corrected chi connectivity index (χ2v) is 9.78. The average Bonchev–Trinajstić information content (AvgIpc) is 2.86. The molecule has 1 fully saturated rings. The first kappa shape index (κ1) is 26.0. The van der Waals surface area contributed by atoms with E-state index < -0.39 is 21.7 Å². The number of hydrogen-bond acceptors (Lipinski definition) is 10. The Bertz CT molecular complexity index is 1440. The monoisotopic (exact) mass is 530 g/mol. The summed E-state index contributed by atoms with van der Waals surface area (Å²) in [5.41, 5.74) is 0.996. The Labute approximate surface area is 212 Å². The second-order valence-electron chi connectivity index (χ2n) is 8.25. The first-order chi connectivity index (χ1) is 17.6. The molecule has 0 amide bonds. The average molecular weight is 531 g/mol. The number of hydrogen-bond donors (Lipinski definition) is 3. The van der Waals surface area contributed by atoms with Crippen LogP contribution in [0.15, 0.2) is 47.5 Å². The zero-order valence-electron chi connectivity index (χ0n) is 19.8. The van der Waals surface area contributed by atoms with Gasteiger partial charge < -0.3 is 25.2 Å². The quantitative estimate of drug-likeness (QED) is 0.397. The molecule has 0 atom stereocenters. The van der Waals surface area contributed by atoms with E-state index in [1.165, 1.54) is 18.2 Å². The molecule has 0 aliphatic carbocycles. The highest BCUT2D eigenvalue weighted by molar-refractivity contribution is 7.89. The summed E-state index contributed by atoms with van der Waals surface area (Å²) in [6.45, 7) is 2.54. The Morgan fingerprint density at radius 2 is 1.78 bits per heavy atom. The molecule has 1 saturated heterocycles. The van der Waals surface area contributed by atoms with Gasteiger partial charge in [0.25, 0.3) is 0 Å². The lowest BCUT2D eigenvalue weighted by Crippen LogP contribution is -2.45. The van der Waals surface area contributed by atoms with Crippen molar-refractivity contribution in [3.05, 3.63) is 54.2 Å². The van der Waals surface area contributed by atoms with Gasteiger partial charge in [-0.05, 0) is 37.4 Å². The second kappa shape index (κ2) is 10.9. The lowest BCUT2D eigenvalue weighted by molar-refractivity contribution is 0.312. The number of piperazine rings is 1. The Hall–Kier alpha value is -4.06. The molecular formula is C23H24F2N8O3S. The van der Waals surface area contributed by atoms with Crippen molar-refractivity contribution in [1.82, 2.24) is 14.9 Å². The SMILES string of the molecule is CN1CCN(c2ccc(Nc3ncc(F)c(Nc4ccc(OCC#N)c(F)c4)n3)cc2S(N)(=O)=O)CC1. The maximum absolute atomic E-state index is 14.4. The van der Waals surface area contributed by atoms with Gasteiger partial charge in [0.1, 0.15) is 11.0 Å². The van der Waals surface area contributed by atoms with Gasteiger partial charge in [0.05, 0.1) is 11.9 Å². The van der Waals surface area contributed by atoms with E-state index in [4.69, 9.17) is 15.1 Å². The first-order valence-electron chi connectivity index (χ1n) is 11.1. The van der Waals surface area contributed by atoms with Crippen LogP contribution in [0.4, 0.5) is 37.6 Å². The van der Waals surface area contributed by atoms with Gasteiger partial charge in [-0.25, -0.2) is 27.3 Å². The Kier molecular flexibility index (Phi) is 7.67. The predicted octanol–water partition coefficient (Wildman–Crippen LogP) is 2.54. The van der Waals surface area contributed by atoms with Crippen molar-refractivity contribution in [1.29, 1.82) is 5.26 Å². The molecule has 0 bridgehead atoms. The lowest BCUT2D eigenvalue weighted by atomic mass is 10.2. The molecule has 2 aromatic carbocycles. The number of aromatic nitrogens is 2. The molecule has 14 heteroatoms. The number of nitrogens with zero attached hydrogens (tertiary/aromatic N) is 5.